The van der Waals surface area contributed by atoms with Crippen molar-refractivity contribution >= 4 is 11.9 Å². The molecule has 1 amide bonds. The summed E-state index contributed by atoms with van der Waals surface area (Å²) >= 11 is 0. The van der Waals surface area contributed by atoms with Crippen LogP contribution < -0.4 is 10.1 Å². The van der Waals surface area contributed by atoms with E-state index in [-0.39, 0.29) is 12.4 Å². The minimum Gasteiger partial charge on any atom is -0.486 e. The molecule has 6 heteroatoms. The molecule has 0 spiro atoms. The monoisotopic (exact) mass is 527 g/mol. The van der Waals surface area contributed by atoms with Crippen molar-refractivity contribution in [3.05, 3.63) is 126 Å². The molecule has 0 aliphatic heterocycles. The van der Waals surface area contributed by atoms with Gasteiger partial charge >= 0.3 is 5.97 Å². The Balaban J connectivity index is 0.00000134. The molecule has 1 atom stereocenters. The molecule has 0 saturated carbocycles. The van der Waals surface area contributed by atoms with Crippen molar-refractivity contribution in [3.63, 3.8) is 0 Å². The Morgan fingerprint density at radius 3 is 1.92 bits per heavy atom. The van der Waals surface area contributed by atoms with E-state index in [4.69, 9.17) is 9.47 Å². The number of halogens is 1. The lowest BCUT2D eigenvalue weighted by atomic mass is 10.0. The molecule has 1 unspecified atom stereocenters. The van der Waals surface area contributed by atoms with Crippen molar-refractivity contribution < 1.29 is 23.5 Å². The second-order valence-corrected chi connectivity index (χ2v) is 8.94. The molecule has 0 aliphatic rings. The number of hydrogen-bond donors (Lipinski definition) is 1. The van der Waals surface area contributed by atoms with E-state index in [2.05, 4.69) is 19.2 Å². The fourth-order valence-corrected chi connectivity index (χ4v) is 3.77. The van der Waals surface area contributed by atoms with E-state index in [9.17, 15) is 14.0 Å². The van der Waals surface area contributed by atoms with Crippen LogP contribution in [0.25, 0.3) is 11.1 Å². The number of benzene rings is 4. The summed E-state index contributed by atoms with van der Waals surface area (Å²) in [7, 11) is 1.29. The molecule has 1 N–H and O–H groups in total. The third kappa shape index (κ3) is 8.82. The first-order valence-corrected chi connectivity index (χ1v) is 12.9. The third-order valence-electron chi connectivity index (χ3n) is 5.72. The first kappa shape index (κ1) is 29.1. The Morgan fingerprint density at radius 1 is 0.795 bits per heavy atom. The number of amides is 1. The fourth-order valence-electron chi connectivity index (χ4n) is 3.77. The number of carbonyl (C=O) groups is 2. The van der Waals surface area contributed by atoms with Crippen LogP contribution in [0.2, 0.25) is 0 Å². The summed E-state index contributed by atoms with van der Waals surface area (Å²) < 4.78 is 25.1. The molecule has 202 valence electrons. The number of methoxy groups -OCH3 is 1. The van der Waals surface area contributed by atoms with Crippen molar-refractivity contribution in [3.8, 4) is 16.9 Å². The molecule has 0 fully saturated rings. The van der Waals surface area contributed by atoms with E-state index in [0.717, 1.165) is 16.7 Å². The zero-order valence-electron chi connectivity index (χ0n) is 22.5. The third-order valence-corrected chi connectivity index (χ3v) is 5.72. The van der Waals surface area contributed by atoms with Gasteiger partial charge in [-0.25, -0.2) is 9.18 Å². The summed E-state index contributed by atoms with van der Waals surface area (Å²) in [6.07, 6.45) is 1.56. The number of carbonyl (C=O) groups excluding carboxylic acids is 2. The predicted octanol–water partition coefficient (Wildman–Crippen LogP) is 7.00. The maximum atomic E-state index is 14.6. The van der Waals surface area contributed by atoms with Crippen molar-refractivity contribution in [2.45, 2.75) is 39.3 Å². The van der Waals surface area contributed by atoms with Gasteiger partial charge in [-0.2, -0.15) is 0 Å². The van der Waals surface area contributed by atoms with Crippen LogP contribution in [0.15, 0.2) is 103 Å². The van der Waals surface area contributed by atoms with Crippen molar-refractivity contribution in [1.82, 2.24) is 5.32 Å². The molecule has 0 heterocycles. The minimum absolute atomic E-state index is 0.172. The Hall–Kier alpha value is -4.45. The number of nitrogens with one attached hydrogen (secondary N) is 1. The standard InChI is InChI=1S/C30H26FNO4.C3H8/c1-35-30(34)27(18-21-8-4-2-5-9-21)32-29(33)24-14-12-23(13-15-24)25-16-17-28(26(31)19-25)36-20-22-10-6-3-7-11-22;1-3-2/h2-17,19,27H,18,20H2,1H3,(H,32,33);3H2,1-2H3. The van der Waals surface area contributed by atoms with Crippen LogP contribution in [-0.4, -0.2) is 25.0 Å². The normalized spacial score (nSPS) is 11.0. The molecule has 4 aromatic rings. The number of rotatable bonds is 9. The first-order chi connectivity index (χ1) is 18.9. The minimum atomic E-state index is -0.817. The van der Waals surface area contributed by atoms with Gasteiger partial charge in [0, 0.05) is 12.0 Å². The Bertz CT molecular complexity index is 1330. The van der Waals surface area contributed by atoms with E-state index >= 15 is 0 Å². The van der Waals surface area contributed by atoms with Gasteiger partial charge in [-0.05, 0) is 46.5 Å². The summed E-state index contributed by atoms with van der Waals surface area (Å²) in [4.78, 5) is 25.0. The zero-order valence-corrected chi connectivity index (χ0v) is 22.5. The van der Waals surface area contributed by atoms with Gasteiger partial charge < -0.3 is 14.8 Å². The van der Waals surface area contributed by atoms with E-state index in [1.165, 1.54) is 19.6 Å². The fraction of sp³-hybridized carbons (Fsp3) is 0.212. The van der Waals surface area contributed by atoms with Gasteiger partial charge in [-0.1, -0.05) is 99.1 Å². The number of hydrogen-bond acceptors (Lipinski definition) is 4. The van der Waals surface area contributed by atoms with Crippen LogP contribution in [0.4, 0.5) is 4.39 Å². The lowest BCUT2D eigenvalue weighted by molar-refractivity contribution is -0.142. The highest BCUT2D eigenvalue weighted by atomic mass is 19.1. The average molecular weight is 528 g/mol. The van der Waals surface area contributed by atoms with Gasteiger partial charge in [-0.15, -0.1) is 0 Å². The van der Waals surface area contributed by atoms with Gasteiger partial charge in [0.2, 0.25) is 0 Å². The highest BCUT2D eigenvalue weighted by molar-refractivity contribution is 5.97. The van der Waals surface area contributed by atoms with Crippen LogP contribution in [0.5, 0.6) is 5.75 Å². The summed E-state index contributed by atoms with van der Waals surface area (Å²) in [5, 5.41) is 2.75. The van der Waals surface area contributed by atoms with E-state index < -0.39 is 23.7 Å². The Labute approximate surface area is 229 Å². The second kappa shape index (κ2) is 15.1. The molecule has 0 bridgehead atoms. The van der Waals surface area contributed by atoms with Gasteiger partial charge in [0.15, 0.2) is 11.6 Å². The summed E-state index contributed by atoms with van der Waals surface area (Å²) in [5.41, 5.74) is 3.63. The predicted molar refractivity (Wildman–Crippen MR) is 152 cm³/mol. The van der Waals surface area contributed by atoms with Gasteiger partial charge in [0.1, 0.15) is 12.6 Å². The molecular formula is C33H34FNO4. The lowest BCUT2D eigenvalue weighted by Crippen LogP contribution is -2.43. The van der Waals surface area contributed by atoms with E-state index in [0.29, 0.717) is 17.5 Å². The molecule has 0 radical (unpaired) electrons. The van der Waals surface area contributed by atoms with Crippen LogP contribution in [0.3, 0.4) is 0 Å². The van der Waals surface area contributed by atoms with Crippen LogP contribution in [-0.2, 0) is 22.6 Å². The molecule has 4 rings (SSSR count). The summed E-state index contributed by atoms with van der Waals surface area (Å²) in [6.45, 7) is 4.53. The smallest absolute Gasteiger partial charge is 0.328 e. The SMILES string of the molecule is CCC.COC(=O)C(Cc1ccccc1)NC(=O)c1ccc(-c2ccc(OCc3ccccc3)c(F)c2)cc1. The number of esters is 1. The molecule has 4 aromatic carbocycles. The topological polar surface area (TPSA) is 64.6 Å². The molecular weight excluding hydrogens is 493 g/mol. The van der Waals surface area contributed by atoms with Crippen molar-refractivity contribution in [2.75, 3.05) is 7.11 Å². The molecule has 39 heavy (non-hydrogen) atoms. The van der Waals surface area contributed by atoms with E-state index in [1.807, 2.05) is 60.7 Å². The summed E-state index contributed by atoms with van der Waals surface area (Å²) in [6, 6.07) is 29.6. The number of ether oxygens (including phenoxy) is 2. The summed E-state index contributed by atoms with van der Waals surface area (Å²) in [5.74, 6) is -1.21. The van der Waals surface area contributed by atoms with Crippen LogP contribution in [0, 0.1) is 5.82 Å². The van der Waals surface area contributed by atoms with Gasteiger partial charge in [0.05, 0.1) is 7.11 Å². The maximum Gasteiger partial charge on any atom is 0.328 e. The largest absolute Gasteiger partial charge is 0.486 e. The second-order valence-electron chi connectivity index (χ2n) is 8.94. The maximum absolute atomic E-state index is 14.6. The lowest BCUT2D eigenvalue weighted by Gasteiger charge is -2.17. The van der Waals surface area contributed by atoms with Crippen LogP contribution in [0.1, 0.15) is 41.8 Å². The first-order valence-electron chi connectivity index (χ1n) is 12.9. The zero-order chi connectivity index (χ0) is 28.0. The Morgan fingerprint density at radius 2 is 1.36 bits per heavy atom. The van der Waals surface area contributed by atoms with Crippen LogP contribution >= 0.6 is 0 Å². The molecule has 0 aromatic heterocycles. The molecule has 0 saturated heterocycles. The molecule has 0 aliphatic carbocycles. The van der Waals surface area contributed by atoms with Gasteiger partial charge in [0.25, 0.3) is 5.91 Å². The average Bonchev–Trinajstić information content (AvgIpc) is 2.97. The van der Waals surface area contributed by atoms with Gasteiger partial charge in [-0.3, -0.25) is 4.79 Å². The van der Waals surface area contributed by atoms with E-state index in [1.54, 1.807) is 36.4 Å². The molecule has 5 nitrogen and oxygen atoms in total. The highest BCUT2D eigenvalue weighted by Crippen LogP contribution is 2.26. The Kier molecular flexibility index (Phi) is 11.3. The van der Waals surface area contributed by atoms with Crippen molar-refractivity contribution in [2.24, 2.45) is 0 Å². The van der Waals surface area contributed by atoms with Crippen molar-refractivity contribution in [1.29, 1.82) is 0 Å². The highest BCUT2D eigenvalue weighted by Gasteiger charge is 2.22. The quantitative estimate of drug-likeness (QED) is 0.238.